The number of ketones is 1. The molecule has 0 aliphatic heterocycles. The number of hydrogen-bond donors (Lipinski definition) is 1. The molecular formula is C23H20N2O5S. The Hall–Kier alpha value is -3.78. The van der Waals surface area contributed by atoms with Crippen LogP contribution in [0.3, 0.4) is 0 Å². The third-order valence-corrected chi connectivity index (χ3v) is 5.29. The normalized spacial score (nSPS) is 10.3. The van der Waals surface area contributed by atoms with E-state index in [1.807, 2.05) is 0 Å². The number of Topliss-reactive ketones (excluding diaryl/α,β-unsaturated/α-hetero) is 1. The Labute approximate surface area is 183 Å². The quantitative estimate of drug-likeness (QED) is 0.446. The maximum atomic E-state index is 12.6. The summed E-state index contributed by atoms with van der Waals surface area (Å²) in [5, 5.41) is 4.37. The molecule has 0 atom stereocenters. The number of nitrogens with one attached hydrogen (secondary N) is 1. The van der Waals surface area contributed by atoms with Gasteiger partial charge in [0.1, 0.15) is 0 Å². The molecule has 2 aromatic carbocycles. The average Bonchev–Trinajstić information content (AvgIpc) is 3.31. The third-order valence-electron chi connectivity index (χ3n) is 4.44. The molecule has 158 valence electrons. The monoisotopic (exact) mass is 436 g/mol. The minimum absolute atomic E-state index is 0.159. The Morgan fingerprint density at radius 1 is 0.935 bits per heavy atom. The summed E-state index contributed by atoms with van der Waals surface area (Å²) in [6.07, 6.45) is 0. The van der Waals surface area contributed by atoms with Gasteiger partial charge < -0.3 is 15.0 Å². The number of para-hydroxylation sites is 2. The molecule has 0 aliphatic carbocycles. The molecule has 0 bridgehead atoms. The van der Waals surface area contributed by atoms with Crippen LogP contribution in [-0.2, 0) is 9.53 Å². The standard InChI is InChI=1S/C23H20N2O5S/c1-15(26)16-8-3-5-10-18(16)24-21(27)14-30-23(29)17-9-4-6-11-19(17)25(2)22(28)20-12-7-13-31-20/h3-13H,14H2,1-2H3,(H,24,27). The summed E-state index contributed by atoms with van der Waals surface area (Å²) >= 11 is 1.30. The summed E-state index contributed by atoms with van der Waals surface area (Å²) in [4.78, 5) is 51.1. The van der Waals surface area contributed by atoms with Crippen molar-refractivity contribution in [3.63, 3.8) is 0 Å². The molecule has 1 N–H and O–H groups in total. The summed E-state index contributed by atoms with van der Waals surface area (Å²) < 4.78 is 5.15. The van der Waals surface area contributed by atoms with Crippen molar-refractivity contribution in [3.8, 4) is 0 Å². The second-order valence-corrected chi connectivity index (χ2v) is 7.53. The zero-order chi connectivity index (χ0) is 22.4. The molecule has 0 radical (unpaired) electrons. The van der Waals surface area contributed by atoms with Crippen molar-refractivity contribution in [2.75, 3.05) is 23.9 Å². The lowest BCUT2D eigenvalue weighted by atomic mass is 10.1. The van der Waals surface area contributed by atoms with Gasteiger partial charge in [0.2, 0.25) is 0 Å². The molecule has 1 heterocycles. The van der Waals surface area contributed by atoms with Gasteiger partial charge in [-0.1, -0.05) is 30.3 Å². The molecule has 0 spiro atoms. The van der Waals surface area contributed by atoms with Gasteiger partial charge in [-0.05, 0) is 42.6 Å². The van der Waals surface area contributed by atoms with E-state index in [0.717, 1.165) is 0 Å². The van der Waals surface area contributed by atoms with Crippen LogP contribution in [0.2, 0.25) is 0 Å². The number of thiophene rings is 1. The molecule has 7 nitrogen and oxygen atoms in total. The minimum Gasteiger partial charge on any atom is -0.452 e. The van der Waals surface area contributed by atoms with Crippen LogP contribution in [0, 0.1) is 0 Å². The lowest BCUT2D eigenvalue weighted by molar-refractivity contribution is -0.119. The van der Waals surface area contributed by atoms with Gasteiger partial charge >= 0.3 is 5.97 Å². The first-order valence-electron chi connectivity index (χ1n) is 9.36. The van der Waals surface area contributed by atoms with Gasteiger partial charge in [0.05, 0.1) is 21.8 Å². The molecule has 0 fully saturated rings. The highest BCUT2D eigenvalue weighted by atomic mass is 32.1. The van der Waals surface area contributed by atoms with Crippen LogP contribution >= 0.6 is 11.3 Å². The molecule has 0 saturated carbocycles. The number of rotatable bonds is 7. The van der Waals surface area contributed by atoms with Crippen molar-refractivity contribution < 1.29 is 23.9 Å². The Kier molecular flexibility index (Phi) is 6.94. The fourth-order valence-corrected chi connectivity index (χ4v) is 3.61. The zero-order valence-electron chi connectivity index (χ0n) is 17.0. The Bertz CT molecular complexity index is 1120. The lowest BCUT2D eigenvalue weighted by Crippen LogP contribution is -2.28. The average molecular weight is 436 g/mol. The molecule has 3 rings (SSSR count). The van der Waals surface area contributed by atoms with E-state index in [2.05, 4.69) is 5.32 Å². The summed E-state index contributed by atoms with van der Waals surface area (Å²) in [6, 6.07) is 16.6. The number of carbonyl (C=O) groups is 4. The van der Waals surface area contributed by atoms with Gasteiger partial charge in [-0.15, -0.1) is 11.3 Å². The highest BCUT2D eigenvalue weighted by molar-refractivity contribution is 7.12. The Morgan fingerprint density at radius 3 is 2.29 bits per heavy atom. The maximum Gasteiger partial charge on any atom is 0.340 e. The number of ether oxygens (including phenoxy) is 1. The van der Waals surface area contributed by atoms with Crippen molar-refractivity contribution in [2.45, 2.75) is 6.92 Å². The summed E-state index contributed by atoms with van der Waals surface area (Å²) in [5.41, 5.74) is 1.24. The van der Waals surface area contributed by atoms with Crippen LogP contribution in [0.15, 0.2) is 66.0 Å². The highest BCUT2D eigenvalue weighted by Crippen LogP contribution is 2.23. The first-order chi connectivity index (χ1) is 14.9. The Morgan fingerprint density at radius 2 is 1.61 bits per heavy atom. The van der Waals surface area contributed by atoms with E-state index in [-0.39, 0.29) is 17.3 Å². The summed E-state index contributed by atoms with van der Waals surface area (Å²) in [6.45, 7) is 0.859. The molecule has 0 unspecified atom stereocenters. The van der Waals surface area contributed by atoms with Crippen LogP contribution in [0.5, 0.6) is 0 Å². The van der Waals surface area contributed by atoms with Gasteiger partial charge in [-0.2, -0.15) is 0 Å². The largest absolute Gasteiger partial charge is 0.452 e. The van der Waals surface area contributed by atoms with Crippen molar-refractivity contribution >= 4 is 46.3 Å². The van der Waals surface area contributed by atoms with E-state index in [4.69, 9.17) is 4.74 Å². The van der Waals surface area contributed by atoms with E-state index < -0.39 is 18.5 Å². The van der Waals surface area contributed by atoms with Gasteiger partial charge in [0.15, 0.2) is 12.4 Å². The topological polar surface area (TPSA) is 92.8 Å². The number of esters is 1. The first-order valence-corrected chi connectivity index (χ1v) is 10.2. The number of benzene rings is 2. The highest BCUT2D eigenvalue weighted by Gasteiger charge is 2.21. The molecule has 8 heteroatoms. The second-order valence-electron chi connectivity index (χ2n) is 6.58. The van der Waals surface area contributed by atoms with Crippen LogP contribution in [-0.4, -0.2) is 37.2 Å². The number of hydrogen-bond acceptors (Lipinski definition) is 6. The molecule has 0 aliphatic rings. The van der Waals surface area contributed by atoms with E-state index in [0.29, 0.717) is 21.8 Å². The van der Waals surface area contributed by atoms with Crippen LogP contribution in [0.4, 0.5) is 11.4 Å². The van der Waals surface area contributed by atoms with Crippen molar-refractivity contribution in [1.82, 2.24) is 0 Å². The van der Waals surface area contributed by atoms with Crippen LogP contribution in [0.25, 0.3) is 0 Å². The first kappa shape index (κ1) is 21.9. The molecule has 2 amide bonds. The predicted octanol–water partition coefficient (Wildman–Crippen LogP) is 4.02. The van der Waals surface area contributed by atoms with Crippen LogP contribution in [0.1, 0.15) is 37.3 Å². The predicted molar refractivity (Wildman–Crippen MR) is 119 cm³/mol. The third kappa shape index (κ3) is 5.23. The van der Waals surface area contributed by atoms with Gasteiger partial charge in [0, 0.05) is 12.6 Å². The fraction of sp³-hybridized carbons (Fsp3) is 0.130. The SMILES string of the molecule is CC(=O)c1ccccc1NC(=O)COC(=O)c1ccccc1N(C)C(=O)c1cccs1. The number of amides is 2. The molecule has 0 saturated heterocycles. The van der Waals surface area contributed by atoms with Crippen molar-refractivity contribution in [2.24, 2.45) is 0 Å². The second kappa shape index (κ2) is 9.82. The van der Waals surface area contributed by atoms with Crippen molar-refractivity contribution in [1.29, 1.82) is 0 Å². The minimum atomic E-state index is -0.739. The molecular weight excluding hydrogens is 416 g/mol. The zero-order valence-corrected chi connectivity index (χ0v) is 17.8. The van der Waals surface area contributed by atoms with E-state index in [1.165, 1.54) is 29.2 Å². The number of nitrogens with zero attached hydrogens (tertiary/aromatic N) is 1. The summed E-state index contributed by atoms with van der Waals surface area (Å²) in [7, 11) is 1.57. The molecule has 3 aromatic rings. The van der Waals surface area contributed by atoms with E-state index in [9.17, 15) is 19.2 Å². The molecule has 31 heavy (non-hydrogen) atoms. The lowest BCUT2D eigenvalue weighted by Gasteiger charge is -2.19. The van der Waals surface area contributed by atoms with Crippen LogP contribution < -0.4 is 10.2 Å². The van der Waals surface area contributed by atoms with Crippen molar-refractivity contribution in [3.05, 3.63) is 82.0 Å². The Balaban J connectivity index is 1.68. The smallest absolute Gasteiger partial charge is 0.340 e. The number of anilines is 2. The van der Waals surface area contributed by atoms with Gasteiger partial charge in [-0.3, -0.25) is 14.4 Å². The summed E-state index contributed by atoms with van der Waals surface area (Å²) in [5.74, 6) is -1.77. The molecule has 1 aromatic heterocycles. The van der Waals surface area contributed by atoms with Gasteiger partial charge in [0.25, 0.3) is 11.8 Å². The number of carbonyl (C=O) groups excluding carboxylic acids is 4. The van der Waals surface area contributed by atoms with E-state index in [1.54, 1.807) is 67.0 Å². The van der Waals surface area contributed by atoms with Gasteiger partial charge in [-0.25, -0.2) is 4.79 Å². The maximum absolute atomic E-state index is 12.6. The fourth-order valence-electron chi connectivity index (χ4n) is 2.91. The van der Waals surface area contributed by atoms with E-state index >= 15 is 0 Å².